The monoisotopic (exact) mass is 618 g/mol. The molecule has 2 aliphatic heterocycles. The molecule has 3 heterocycles. The van der Waals surface area contributed by atoms with Gasteiger partial charge in [-0.05, 0) is 66.3 Å². The summed E-state index contributed by atoms with van der Waals surface area (Å²) in [7, 11) is -6.61. The van der Waals surface area contributed by atoms with Gasteiger partial charge in [0.15, 0.2) is 0 Å². The number of aromatic nitrogens is 1. The number of hydrogen-bond acceptors (Lipinski definition) is 6. The average molecular weight is 619 g/mol. The van der Waals surface area contributed by atoms with Crippen molar-refractivity contribution in [3.8, 4) is 17.0 Å². The van der Waals surface area contributed by atoms with Gasteiger partial charge in [-0.3, -0.25) is 9.59 Å². The first-order chi connectivity index (χ1) is 25.2. The van der Waals surface area contributed by atoms with Gasteiger partial charge in [0.1, 0.15) is 5.75 Å². The van der Waals surface area contributed by atoms with E-state index in [-0.39, 0.29) is 45.6 Å². The number of amides is 2. The fourth-order valence-corrected chi connectivity index (χ4v) is 6.49. The van der Waals surface area contributed by atoms with E-state index in [0.717, 1.165) is 12.6 Å². The van der Waals surface area contributed by atoms with Crippen LogP contribution in [0, 0.1) is 0 Å². The first kappa shape index (κ1) is 18.2. The molecule has 1 saturated carbocycles. The van der Waals surface area contributed by atoms with Crippen molar-refractivity contribution >= 4 is 39.0 Å². The molecule has 1 aromatic heterocycles. The van der Waals surface area contributed by atoms with Crippen LogP contribution in [0.15, 0.2) is 42.0 Å². The minimum atomic E-state index is -5.23. The molecule has 1 fully saturated rings. The molecule has 4 bridgehead atoms. The molecule has 2 amide bonds. The Labute approximate surface area is 269 Å². The van der Waals surface area contributed by atoms with Gasteiger partial charge in [0.25, 0.3) is 11.8 Å². The summed E-state index contributed by atoms with van der Waals surface area (Å²) in [4.78, 5) is 28.4. The van der Waals surface area contributed by atoms with Crippen LogP contribution >= 0.6 is 0 Å². The Morgan fingerprint density at radius 1 is 1.07 bits per heavy atom. The third-order valence-electron chi connectivity index (χ3n) is 7.95. The van der Waals surface area contributed by atoms with Crippen molar-refractivity contribution in [2.24, 2.45) is 0 Å². The number of nitrogens with one attached hydrogen (secondary N) is 1. The second-order valence-electron chi connectivity index (χ2n) is 10.5. The van der Waals surface area contributed by atoms with Crippen LogP contribution in [-0.4, -0.2) is 81.2 Å². The molecule has 6 rings (SSSR count). The summed E-state index contributed by atoms with van der Waals surface area (Å²) in [6.07, 6.45) is 3.46. The van der Waals surface area contributed by atoms with Gasteiger partial charge in [-0.2, -0.15) is 12.7 Å². The average Bonchev–Trinajstić information content (AvgIpc) is 3.27. The van der Waals surface area contributed by atoms with Crippen LogP contribution in [0.5, 0.6) is 5.75 Å². The van der Waals surface area contributed by atoms with Crippen molar-refractivity contribution in [1.29, 1.82) is 0 Å². The van der Waals surface area contributed by atoms with Crippen LogP contribution in [0.3, 0.4) is 0 Å². The maximum Gasteiger partial charge on any atom is 0.303 e. The number of methoxy groups -OCH3 is 1. The molecule has 0 unspecified atom stereocenters. The van der Waals surface area contributed by atoms with E-state index >= 15 is 0 Å². The molecule has 43 heavy (non-hydrogen) atoms. The van der Waals surface area contributed by atoms with Gasteiger partial charge in [-0.25, -0.2) is 4.72 Å². The van der Waals surface area contributed by atoms with Crippen molar-refractivity contribution in [2.75, 3.05) is 47.2 Å². The number of hydrogen-bond donors (Lipinski definition) is 1. The summed E-state index contributed by atoms with van der Waals surface area (Å²) in [6.45, 7) is -15.4. The Bertz CT molecular complexity index is 2220. The highest BCUT2D eigenvalue weighted by Gasteiger charge is 2.31. The van der Waals surface area contributed by atoms with E-state index in [9.17, 15) is 18.0 Å². The standard InChI is InChI=1S/C32H38N4O6S/c1-34-13-15-42-16-14-35(2)43(39,40)33-31(37)22-9-11-27-28(19-22)36-20-24(32(34)38)17-23-18-25(41-3)10-12-26(23)30(36)29(27)21-7-5-4-6-8-21/h9-12,17-19,21H,4-8,13-16,20H2,1-3H3,(H,33,37)/i3D3,4D,13D2,14D2,15D2,16D2. The quantitative estimate of drug-likeness (QED) is 0.462. The molecule has 1 aliphatic carbocycles. The summed E-state index contributed by atoms with van der Waals surface area (Å²) >= 11 is 0. The number of rotatable bonds is 2. The predicted molar refractivity (Wildman–Crippen MR) is 165 cm³/mol. The van der Waals surface area contributed by atoms with Crippen molar-refractivity contribution < 1.29 is 43.9 Å². The Hall–Kier alpha value is -3.67. The number of ether oxygens (including phenoxy) is 2. The third-order valence-corrected chi connectivity index (χ3v) is 9.20. The highest BCUT2D eigenvalue weighted by Crippen LogP contribution is 2.47. The molecule has 3 aliphatic rings. The molecule has 228 valence electrons. The second-order valence-corrected chi connectivity index (χ2v) is 12.2. The maximum absolute atomic E-state index is 14.4. The van der Waals surface area contributed by atoms with Gasteiger partial charge in [0.2, 0.25) is 0 Å². The summed E-state index contributed by atoms with van der Waals surface area (Å²) in [6, 6.07) is 8.73. The van der Waals surface area contributed by atoms with Crippen LogP contribution in [0.25, 0.3) is 28.2 Å². The van der Waals surface area contributed by atoms with E-state index in [1.165, 1.54) is 30.3 Å². The number of carbonyl (C=O) groups is 2. The van der Waals surface area contributed by atoms with Gasteiger partial charge < -0.3 is 18.9 Å². The first-order valence-electron chi connectivity index (χ1n) is 19.7. The first-order valence-corrected chi connectivity index (χ1v) is 15.0. The largest absolute Gasteiger partial charge is 0.497 e. The molecule has 10 nitrogen and oxygen atoms in total. The molecule has 2 aromatic carbocycles. The van der Waals surface area contributed by atoms with Crippen molar-refractivity contribution in [3.63, 3.8) is 0 Å². The van der Waals surface area contributed by atoms with Crippen LogP contribution in [-0.2, 0) is 26.3 Å². The summed E-state index contributed by atoms with van der Waals surface area (Å²) in [5.74, 6) is -2.58. The van der Waals surface area contributed by atoms with Gasteiger partial charge in [0, 0.05) is 58.8 Å². The lowest BCUT2D eigenvalue weighted by atomic mass is 9.81. The molecule has 0 spiro atoms. The molecule has 0 saturated heterocycles. The lowest BCUT2D eigenvalue weighted by Gasteiger charge is -2.24. The van der Waals surface area contributed by atoms with Crippen molar-refractivity contribution in [2.45, 2.75) is 44.5 Å². The smallest absolute Gasteiger partial charge is 0.303 e. The Morgan fingerprint density at radius 2 is 1.86 bits per heavy atom. The normalized spacial score (nSPS) is 32.5. The maximum atomic E-state index is 14.4. The van der Waals surface area contributed by atoms with Crippen molar-refractivity contribution in [1.82, 2.24) is 18.5 Å². The molecule has 3 aromatic rings. The fourth-order valence-electron chi connectivity index (χ4n) is 5.85. The molecular weight excluding hydrogens is 568 g/mol. The molecule has 11 heteroatoms. The molecule has 1 N–H and O–H groups in total. The zero-order chi connectivity index (χ0) is 40.8. The van der Waals surface area contributed by atoms with E-state index in [0.29, 0.717) is 59.8 Å². The number of fused-ring (bicyclic) bond motifs is 4. The molecule has 0 atom stereocenters. The van der Waals surface area contributed by atoms with Crippen LogP contribution in [0.1, 0.15) is 75.9 Å². The van der Waals surface area contributed by atoms with Gasteiger partial charge in [0.05, 0.1) is 44.7 Å². The van der Waals surface area contributed by atoms with Crippen LogP contribution in [0.4, 0.5) is 0 Å². The minimum absolute atomic E-state index is 0.0906. The predicted octanol–water partition coefficient (Wildman–Crippen LogP) is 4.16. The summed E-state index contributed by atoms with van der Waals surface area (Å²) < 4.78 is 139. The SMILES string of the molecule is [2H]C1CCC(c2c3n4c5cc(ccc25)C(=O)NS(=O)(=O)N(C)C([2H])([2H])C([2H])([2H])OC([2H])([2H])C([2H])([2H])N(C)C(=O)C(=Cc2cc(OC([2H])([2H])[2H])ccc2-3)C4)CC1. The summed E-state index contributed by atoms with van der Waals surface area (Å²) in [5, 5.41) is 0.610. The van der Waals surface area contributed by atoms with Crippen LogP contribution in [0.2, 0.25) is 0 Å². The number of nitrogens with zero attached hydrogens (tertiary/aromatic N) is 3. The number of benzene rings is 2. The Morgan fingerprint density at radius 3 is 2.65 bits per heavy atom. The van der Waals surface area contributed by atoms with E-state index in [1.807, 2.05) is 0 Å². The van der Waals surface area contributed by atoms with E-state index in [2.05, 4.69) is 0 Å². The number of carbonyl (C=O) groups excluding carboxylic acids is 2. The molecule has 0 radical (unpaired) electrons. The summed E-state index contributed by atoms with van der Waals surface area (Å²) in [5.41, 5.74) is 2.03. The van der Waals surface area contributed by atoms with E-state index < -0.39 is 55.2 Å². The van der Waals surface area contributed by atoms with Crippen LogP contribution < -0.4 is 9.46 Å². The minimum Gasteiger partial charge on any atom is -0.497 e. The zero-order valence-corrected chi connectivity index (χ0v) is 24.2. The van der Waals surface area contributed by atoms with E-state index in [4.69, 9.17) is 25.9 Å². The van der Waals surface area contributed by atoms with E-state index in [1.54, 1.807) is 21.4 Å². The lowest BCUT2D eigenvalue weighted by Crippen LogP contribution is -2.42. The van der Waals surface area contributed by atoms with Gasteiger partial charge >= 0.3 is 10.2 Å². The molecular formula is C32H38N4O6S. The van der Waals surface area contributed by atoms with Gasteiger partial charge in [-0.1, -0.05) is 25.3 Å². The zero-order valence-electron chi connectivity index (χ0n) is 35.4. The fraction of sp³-hybridized carbons (Fsp3) is 0.438. The Kier molecular flexibility index (Phi) is 4.99. The highest BCUT2D eigenvalue weighted by molar-refractivity contribution is 7.87. The lowest BCUT2D eigenvalue weighted by molar-refractivity contribution is -0.126. The second kappa shape index (κ2) is 11.8. The topological polar surface area (TPSA) is 110 Å². The highest BCUT2D eigenvalue weighted by atomic mass is 32.2. The third kappa shape index (κ3) is 5.57. The van der Waals surface area contributed by atoms with Gasteiger partial charge in [-0.15, -0.1) is 0 Å². The van der Waals surface area contributed by atoms with Crippen molar-refractivity contribution in [3.05, 3.63) is 58.7 Å². The Balaban J connectivity index is 1.67. The number of likely N-dealkylation sites (N-methyl/N-ethyl adjacent to an activating group) is 2.